The Morgan fingerprint density at radius 1 is 0.950 bits per heavy atom. The highest BCUT2D eigenvalue weighted by Gasteiger charge is 2.23. The second kappa shape index (κ2) is 11.4. The molecule has 3 aromatic carbocycles. The molecule has 5 aromatic rings. The highest BCUT2D eigenvalue weighted by Crippen LogP contribution is 2.33. The van der Waals surface area contributed by atoms with Gasteiger partial charge in [-0.05, 0) is 72.1 Å². The molecule has 0 fully saturated rings. The summed E-state index contributed by atoms with van der Waals surface area (Å²) in [6.07, 6.45) is 3.45. The molecule has 2 aromatic heterocycles. The van der Waals surface area contributed by atoms with Gasteiger partial charge in [0.1, 0.15) is 17.5 Å². The molecule has 0 aliphatic rings. The Balaban J connectivity index is 1.52. The van der Waals surface area contributed by atoms with Crippen molar-refractivity contribution in [3.05, 3.63) is 124 Å². The number of nitrogens with two attached hydrogens (primary N) is 1. The predicted octanol–water partition coefficient (Wildman–Crippen LogP) is 6.86. The lowest BCUT2D eigenvalue weighted by Crippen LogP contribution is -2.17. The number of pyridine rings is 1. The number of benzene rings is 3. The summed E-state index contributed by atoms with van der Waals surface area (Å²) >= 11 is 6.09. The first-order valence-corrected chi connectivity index (χ1v) is 12.8. The standard InChI is InChI=1S/C31H23ClF3N3O2/c32-22-4-6-29-20(13-22)7-9-38(29)17-25(39)14-21(10-18-11-23(33)16-24(34)12-18)30-26(2-1-8-37-30)19-3-5-28(35)27(15-19)31(36)40/h1-9,11-13,15-16,21H,10,14,17H2,(H2,36,40)/t21-/m1/s1. The van der Waals surface area contributed by atoms with E-state index in [0.29, 0.717) is 27.4 Å². The van der Waals surface area contributed by atoms with Crippen molar-refractivity contribution in [2.24, 2.45) is 5.73 Å². The SMILES string of the molecule is NC(=O)c1cc(-c2cccnc2[C@@H](CC(=O)Cn2ccc3cc(Cl)ccc32)Cc2cc(F)cc(F)c2)ccc1F. The van der Waals surface area contributed by atoms with Gasteiger partial charge in [0.05, 0.1) is 17.8 Å². The van der Waals surface area contributed by atoms with E-state index >= 15 is 0 Å². The van der Waals surface area contributed by atoms with E-state index in [4.69, 9.17) is 17.3 Å². The number of Topliss-reactive ketones (excluding diaryl/α,β-unsaturated/α-hetero) is 1. The second-order valence-electron chi connectivity index (χ2n) is 9.56. The molecule has 0 saturated carbocycles. The largest absolute Gasteiger partial charge is 0.366 e. The minimum atomic E-state index is -0.924. The average Bonchev–Trinajstić information content (AvgIpc) is 3.29. The summed E-state index contributed by atoms with van der Waals surface area (Å²) in [5, 5.41) is 1.47. The Morgan fingerprint density at radius 2 is 1.73 bits per heavy atom. The number of nitrogens with zero attached hydrogens (tertiary/aromatic N) is 2. The van der Waals surface area contributed by atoms with E-state index in [2.05, 4.69) is 4.98 Å². The van der Waals surface area contributed by atoms with Gasteiger partial charge in [-0.15, -0.1) is 0 Å². The fourth-order valence-electron chi connectivity index (χ4n) is 4.99. The quantitative estimate of drug-likeness (QED) is 0.214. The van der Waals surface area contributed by atoms with E-state index in [0.717, 1.165) is 23.0 Å². The van der Waals surface area contributed by atoms with E-state index < -0.39 is 29.3 Å². The summed E-state index contributed by atoms with van der Waals surface area (Å²) < 4.78 is 44.1. The molecular weight excluding hydrogens is 539 g/mol. The molecule has 5 rings (SSSR count). The number of ketones is 1. The molecule has 202 valence electrons. The minimum Gasteiger partial charge on any atom is -0.366 e. The molecule has 5 nitrogen and oxygen atoms in total. The number of amides is 1. The van der Waals surface area contributed by atoms with Gasteiger partial charge in [0.2, 0.25) is 0 Å². The third kappa shape index (κ3) is 5.92. The van der Waals surface area contributed by atoms with Gasteiger partial charge in [0, 0.05) is 52.3 Å². The van der Waals surface area contributed by atoms with E-state index in [1.54, 1.807) is 30.6 Å². The lowest BCUT2D eigenvalue weighted by Gasteiger charge is -2.20. The van der Waals surface area contributed by atoms with Crippen molar-refractivity contribution in [3.63, 3.8) is 0 Å². The molecule has 0 saturated heterocycles. The molecule has 0 aliphatic heterocycles. The van der Waals surface area contributed by atoms with Crippen LogP contribution in [0.4, 0.5) is 13.2 Å². The third-order valence-electron chi connectivity index (χ3n) is 6.73. The van der Waals surface area contributed by atoms with Crippen LogP contribution in [0.25, 0.3) is 22.0 Å². The molecule has 0 unspecified atom stereocenters. The van der Waals surface area contributed by atoms with Gasteiger partial charge in [-0.1, -0.05) is 23.7 Å². The van der Waals surface area contributed by atoms with Gasteiger partial charge in [0.25, 0.3) is 5.91 Å². The first-order chi connectivity index (χ1) is 19.2. The van der Waals surface area contributed by atoms with Crippen molar-refractivity contribution in [2.75, 3.05) is 0 Å². The number of rotatable bonds is 9. The molecule has 40 heavy (non-hydrogen) atoms. The Hall–Kier alpha value is -4.43. The van der Waals surface area contributed by atoms with Crippen LogP contribution in [0.15, 0.2) is 85.2 Å². The Labute approximate surface area is 233 Å². The molecule has 0 bridgehead atoms. The van der Waals surface area contributed by atoms with Gasteiger partial charge in [-0.25, -0.2) is 13.2 Å². The molecule has 0 aliphatic carbocycles. The third-order valence-corrected chi connectivity index (χ3v) is 6.96. The Bertz CT molecular complexity index is 1730. The van der Waals surface area contributed by atoms with Crippen molar-refractivity contribution < 1.29 is 22.8 Å². The van der Waals surface area contributed by atoms with Gasteiger partial charge in [-0.2, -0.15) is 0 Å². The first-order valence-electron chi connectivity index (χ1n) is 12.4. The number of primary amides is 1. The average molecular weight is 562 g/mol. The Kier molecular flexibility index (Phi) is 7.71. The molecule has 2 heterocycles. The molecule has 0 radical (unpaired) electrons. The first kappa shape index (κ1) is 27.1. The second-order valence-corrected chi connectivity index (χ2v) is 10.00. The fourth-order valence-corrected chi connectivity index (χ4v) is 5.17. The summed E-state index contributed by atoms with van der Waals surface area (Å²) in [6.45, 7) is 0.0592. The predicted molar refractivity (Wildman–Crippen MR) is 148 cm³/mol. The van der Waals surface area contributed by atoms with Crippen LogP contribution in [-0.2, 0) is 17.8 Å². The van der Waals surface area contributed by atoms with E-state index in [1.807, 2.05) is 22.8 Å². The smallest absolute Gasteiger partial charge is 0.251 e. The molecule has 9 heteroatoms. The number of carbonyl (C=O) groups is 2. The normalized spacial score (nSPS) is 12.0. The lowest BCUT2D eigenvalue weighted by atomic mass is 9.86. The number of hydrogen-bond acceptors (Lipinski definition) is 3. The summed E-state index contributed by atoms with van der Waals surface area (Å²) in [5.41, 5.74) is 7.73. The summed E-state index contributed by atoms with van der Waals surface area (Å²) in [4.78, 5) is 29.7. The van der Waals surface area contributed by atoms with E-state index in [1.165, 1.54) is 24.3 Å². The zero-order chi connectivity index (χ0) is 28.4. The van der Waals surface area contributed by atoms with Gasteiger partial charge in [-0.3, -0.25) is 14.6 Å². The van der Waals surface area contributed by atoms with Crippen LogP contribution < -0.4 is 5.73 Å². The van der Waals surface area contributed by atoms with Crippen molar-refractivity contribution in [1.82, 2.24) is 9.55 Å². The molecular formula is C31H23ClF3N3O2. The number of carbonyl (C=O) groups excluding carboxylic acids is 2. The number of aromatic nitrogens is 2. The highest BCUT2D eigenvalue weighted by atomic mass is 35.5. The van der Waals surface area contributed by atoms with Crippen LogP contribution in [-0.4, -0.2) is 21.2 Å². The highest BCUT2D eigenvalue weighted by molar-refractivity contribution is 6.31. The topological polar surface area (TPSA) is 78.0 Å². The minimum absolute atomic E-state index is 0.000714. The van der Waals surface area contributed by atoms with Gasteiger partial charge < -0.3 is 10.3 Å². The molecule has 0 spiro atoms. The van der Waals surface area contributed by atoms with Crippen molar-refractivity contribution in [1.29, 1.82) is 0 Å². The number of fused-ring (bicyclic) bond motifs is 1. The van der Waals surface area contributed by atoms with Crippen LogP contribution in [0.1, 0.15) is 34.0 Å². The lowest BCUT2D eigenvalue weighted by molar-refractivity contribution is -0.120. The Morgan fingerprint density at radius 3 is 2.48 bits per heavy atom. The molecule has 1 atom stereocenters. The van der Waals surface area contributed by atoms with Crippen LogP contribution in [0.2, 0.25) is 5.02 Å². The van der Waals surface area contributed by atoms with E-state index in [9.17, 15) is 22.8 Å². The van der Waals surface area contributed by atoms with E-state index in [-0.39, 0.29) is 30.7 Å². The molecule has 1 amide bonds. The maximum absolute atomic E-state index is 14.2. The zero-order valence-corrected chi connectivity index (χ0v) is 21.8. The van der Waals surface area contributed by atoms with Crippen LogP contribution in [0.5, 0.6) is 0 Å². The zero-order valence-electron chi connectivity index (χ0n) is 21.1. The van der Waals surface area contributed by atoms with Crippen molar-refractivity contribution in [3.8, 4) is 11.1 Å². The summed E-state index contributed by atoms with van der Waals surface area (Å²) in [5.74, 6) is -3.88. The molecule has 2 N–H and O–H groups in total. The van der Waals surface area contributed by atoms with Crippen LogP contribution >= 0.6 is 11.6 Å². The van der Waals surface area contributed by atoms with Crippen molar-refractivity contribution in [2.45, 2.75) is 25.3 Å². The summed E-state index contributed by atoms with van der Waals surface area (Å²) in [7, 11) is 0. The van der Waals surface area contributed by atoms with Crippen LogP contribution in [0, 0.1) is 17.5 Å². The van der Waals surface area contributed by atoms with Gasteiger partial charge >= 0.3 is 0 Å². The monoisotopic (exact) mass is 561 g/mol. The number of halogens is 4. The number of hydrogen-bond donors (Lipinski definition) is 1. The van der Waals surface area contributed by atoms with Gasteiger partial charge in [0.15, 0.2) is 5.78 Å². The fraction of sp³-hybridized carbons (Fsp3) is 0.129. The summed E-state index contributed by atoms with van der Waals surface area (Å²) in [6, 6.07) is 17.8. The maximum Gasteiger partial charge on any atom is 0.251 e. The van der Waals surface area contributed by atoms with Crippen LogP contribution in [0.3, 0.4) is 0 Å². The maximum atomic E-state index is 14.2. The van der Waals surface area contributed by atoms with Crippen molar-refractivity contribution >= 4 is 34.2 Å².